The van der Waals surface area contributed by atoms with Gasteiger partial charge in [-0.1, -0.05) is 18.2 Å². The van der Waals surface area contributed by atoms with Crippen molar-refractivity contribution in [1.29, 1.82) is 0 Å². The fourth-order valence-electron chi connectivity index (χ4n) is 2.03. The Bertz CT molecular complexity index is 586. The van der Waals surface area contributed by atoms with Crippen LogP contribution < -0.4 is 14.8 Å². The Labute approximate surface area is 118 Å². The average Bonchev–Trinajstić information content (AvgIpc) is 2.48. The van der Waals surface area contributed by atoms with Gasteiger partial charge in [-0.25, -0.2) is 4.39 Å². The standard InChI is InChI=1S/C16H18FNO2/c1-11(12-8-9-13(17)16(10-12)20-3)18-14-6-4-5-7-15(14)19-2/h4-11,18H,1-3H3. The van der Waals surface area contributed by atoms with Crippen LogP contribution in [0.3, 0.4) is 0 Å². The summed E-state index contributed by atoms with van der Waals surface area (Å²) >= 11 is 0. The van der Waals surface area contributed by atoms with E-state index in [4.69, 9.17) is 9.47 Å². The molecule has 0 fully saturated rings. The Morgan fingerprint density at radius 1 is 1.00 bits per heavy atom. The molecule has 2 aromatic carbocycles. The highest BCUT2D eigenvalue weighted by Crippen LogP contribution is 2.29. The fourth-order valence-corrected chi connectivity index (χ4v) is 2.03. The lowest BCUT2D eigenvalue weighted by Gasteiger charge is -2.18. The van der Waals surface area contributed by atoms with Crippen LogP contribution in [0.1, 0.15) is 18.5 Å². The first kappa shape index (κ1) is 14.2. The molecule has 0 heterocycles. The fraction of sp³-hybridized carbons (Fsp3) is 0.250. The van der Waals surface area contributed by atoms with Crippen molar-refractivity contribution < 1.29 is 13.9 Å². The van der Waals surface area contributed by atoms with Gasteiger partial charge < -0.3 is 14.8 Å². The first-order valence-electron chi connectivity index (χ1n) is 6.38. The zero-order valence-electron chi connectivity index (χ0n) is 11.8. The molecule has 1 N–H and O–H groups in total. The number of nitrogens with one attached hydrogen (secondary N) is 1. The number of ether oxygens (including phenoxy) is 2. The number of benzene rings is 2. The molecule has 2 aromatic rings. The molecule has 20 heavy (non-hydrogen) atoms. The summed E-state index contributed by atoms with van der Waals surface area (Å²) in [5, 5.41) is 3.35. The highest BCUT2D eigenvalue weighted by atomic mass is 19.1. The second-order valence-electron chi connectivity index (χ2n) is 4.46. The molecular formula is C16H18FNO2. The summed E-state index contributed by atoms with van der Waals surface area (Å²) in [6, 6.07) is 12.5. The second kappa shape index (κ2) is 6.28. The molecule has 0 amide bonds. The van der Waals surface area contributed by atoms with Crippen molar-refractivity contribution in [1.82, 2.24) is 0 Å². The van der Waals surface area contributed by atoms with E-state index < -0.39 is 0 Å². The third-order valence-corrected chi connectivity index (χ3v) is 3.15. The van der Waals surface area contributed by atoms with Crippen molar-refractivity contribution in [3.05, 3.63) is 53.8 Å². The van der Waals surface area contributed by atoms with Crippen LogP contribution in [0, 0.1) is 5.82 Å². The molecule has 1 unspecified atom stereocenters. The van der Waals surface area contributed by atoms with Gasteiger partial charge in [0.1, 0.15) is 5.75 Å². The molecule has 106 valence electrons. The lowest BCUT2D eigenvalue weighted by molar-refractivity contribution is 0.385. The quantitative estimate of drug-likeness (QED) is 0.894. The summed E-state index contributed by atoms with van der Waals surface area (Å²) in [4.78, 5) is 0. The third-order valence-electron chi connectivity index (χ3n) is 3.15. The van der Waals surface area contributed by atoms with E-state index in [1.54, 1.807) is 19.2 Å². The predicted octanol–water partition coefficient (Wildman–Crippen LogP) is 4.02. The monoisotopic (exact) mass is 275 g/mol. The summed E-state index contributed by atoms with van der Waals surface area (Å²) < 4.78 is 23.7. The van der Waals surface area contributed by atoms with Crippen LogP contribution in [0.4, 0.5) is 10.1 Å². The molecule has 1 atom stereocenters. The summed E-state index contributed by atoms with van der Waals surface area (Å²) in [5.41, 5.74) is 1.83. The van der Waals surface area contributed by atoms with Crippen LogP contribution in [-0.4, -0.2) is 14.2 Å². The first-order valence-corrected chi connectivity index (χ1v) is 6.38. The van der Waals surface area contributed by atoms with E-state index in [-0.39, 0.29) is 17.6 Å². The normalized spacial score (nSPS) is 11.8. The van der Waals surface area contributed by atoms with Crippen molar-refractivity contribution in [3.63, 3.8) is 0 Å². The van der Waals surface area contributed by atoms with Gasteiger partial charge >= 0.3 is 0 Å². The van der Waals surface area contributed by atoms with E-state index in [1.807, 2.05) is 31.2 Å². The summed E-state index contributed by atoms with van der Waals surface area (Å²) in [5.74, 6) is 0.658. The molecule has 0 bridgehead atoms. The maximum atomic E-state index is 13.4. The summed E-state index contributed by atoms with van der Waals surface area (Å²) in [6.07, 6.45) is 0. The van der Waals surface area contributed by atoms with Crippen LogP contribution in [0.15, 0.2) is 42.5 Å². The molecule has 0 aliphatic rings. The highest BCUT2D eigenvalue weighted by Gasteiger charge is 2.11. The minimum Gasteiger partial charge on any atom is -0.495 e. The van der Waals surface area contributed by atoms with Crippen molar-refractivity contribution in [2.75, 3.05) is 19.5 Å². The number of rotatable bonds is 5. The predicted molar refractivity (Wildman–Crippen MR) is 78.0 cm³/mol. The molecule has 4 heteroatoms. The Morgan fingerprint density at radius 2 is 1.70 bits per heavy atom. The van der Waals surface area contributed by atoms with Gasteiger partial charge in [-0.15, -0.1) is 0 Å². The third kappa shape index (κ3) is 3.02. The topological polar surface area (TPSA) is 30.5 Å². The van der Waals surface area contributed by atoms with E-state index >= 15 is 0 Å². The van der Waals surface area contributed by atoms with Gasteiger partial charge in [-0.3, -0.25) is 0 Å². The van der Waals surface area contributed by atoms with Gasteiger partial charge in [0.15, 0.2) is 11.6 Å². The van der Waals surface area contributed by atoms with Crippen LogP contribution >= 0.6 is 0 Å². The molecule has 0 radical (unpaired) electrons. The SMILES string of the molecule is COc1cc(C(C)Nc2ccccc2OC)ccc1F. The van der Waals surface area contributed by atoms with Gasteiger partial charge in [-0.2, -0.15) is 0 Å². The van der Waals surface area contributed by atoms with Crippen LogP contribution in [0.5, 0.6) is 11.5 Å². The van der Waals surface area contributed by atoms with Crippen LogP contribution in [0.2, 0.25) is 0 Å². The van der Waals surface area contributed by atoms with E-state index in [0.717, 1.165) is 17.0 Å². The number of anilines is 1. The Morgan fingerprint density at radius 3 is 2.40 bits per heavy atom. The van der Waals surface area contributed by atoms with Crippen molar-refractivity contribution in [2.24, 2.45) is 0 Å². The first-order chi connectivity index (χ1) is 9.65. The van der Waals surface area contributed by atoms with Crippen molar-refractivity contribution >= 4 is 5.69 Å². The van der Waals surface area contributed by atoms with Gasteiger partial charge in [0.25, 0.3) is 0 Å². The maximum Gasteiger partial charge on any atom is 0.165 e. The minimum atomic E-state index is -0.360. The van der Waals surface area contributed by atoms with Gasteiger partial charge in [0.05, 0.1) is 19.9 Å². The van der Waals surface area contributed by atoms with Gasteiger partial charge in [-0.05, 0) is 36.8 Å². The lowest BCUT2D eigenvalue weighted by atomic mass is 10.1. The molecule has 0 spiro atoms. The molecule has 0 aliphatic carbocycles. The second-order valence-corrected chi connectivity index (χ2v) is 4.46. The van der Waals surface area contributed by atoms with E-state index in [2.05, 4.69) is 5.32 Å². The van der Waals surface area contributed by atoms with Crippen LogP contribution in [0.25, 0.3) is 0 Å². The van der Waals surface area contributed by atoms with Gasteiger partial charge in [0.2, 0.25) is 0 Å². The number of hydrogen-bond acceptors (Lipinski definition) is 3. The summed E-state index contributed by atoms with van der Waals surface area (Å²) in [7, 11) is 3.09. The molecule has 0 saturated carbocycles. The number of methoxy groups -OCH3 is 2. The summed E-state index contributed by atoms with van der Waals surface area (Å²) in [6.45, 7) is 2.00. The number of para-hydroxylation sites is 2. The van der Waals surface area contributed by atoms with E-state index in [1.165, 1.54) is 13.2 Å². The molecule has 0 aromatic heterocycles. The largest absolute Gasteiger partial charge is 0.495 e. The highest BCUT2D eigenvalue weighted by molar-refractivity contribution is 5.57. The molecular weight excluding hydrogens is 257 g/mol. The van der Waals surface area contributed by atoms with E-state index in [0.29, 0.717) is 0 Å². The Hall–Kier alpha value is -2.23. The van der Waals surface area contributed by atoms with Gasteiger partial charge in [0, 0.05) is 6.04 Å². The maximum absolute atomic E-state index is 13.4. The minimum absolute atomic E-state index is 0.000741. The van der Waals surface area contributed by atoms with E-state index in [9.17, 15) is 4.39 Å². The zero-order valence-corrected chi connectivity index (χ0v) is 11.8. The average molecular weight is 275 g/mol. The smallest absolute Gasteiger partial charge is 0.165 e. The number of halogens is 1. The Balaban J connectivity index is 2.21. The molecule has 3 nitrogen and oxygen atoms in total. The Kier molecular flexibility index (Phi) is 4.45. The number of hydrogen-bond donors (Lipinski definition) is 1. The lowest BCUT2D eigenvalue weighted by Crippen LogP contribution is -2.08. The van der Waals surface area contributed by atoms with Crippen LogP contribution in [-0.2, 0) is 0 Å². The molecule has 2 rings (SSSR count). The molecule has 0 aliphatic heterocycles. The van der Waals surface area contributed by atoms with Crippen molar-refractivity contribution in [2.45, 2.75) is 13.0 Å². The van der Waals surface area contributed by atoms with Crippen molar-refractivity contribution in [3.8, 4) is 11.5 Å². The molecule has 0 saturated heterocycles. The zero-order chi connectivity index (χ0) is 14.5.